The Balaban J connectivity index is 1.70. The van der Waals surface area contributed by atoms with Gasteiger partial charge < -0.3 is 0 Å². The maximum Gasteiger partial charge on any atom is 0.146 e. The van der Waals surface area contributed by atoms with Crippen molar-refractivity contribution in [1.29, 1.82) is 0 Å². The van der Waals surface area contributed by atoms with E-state index in [1.807, 2.05) is 0 Å². The normalized spacial score (nSPS) is 18.4. The molecule has 246 valence electrons. The largest absolute Gasteiger partial charge is 0.299 e. The van der Waals surface area contributed by atoms with Crippen molar-refractivity contribution in [2.24, 2.45) is 11.8 Å². The van der Waals surface area contributed by atoms with Crippen molar-refractivity contribution in [3.63, 3.8) is 0 Å². The summed E-state index contributed by atoms with van der Waals surface area (Å²) in [5, 5.41) is 5.99. The summed E-state index contributed by atoms with van der Waals surface area (Å²) in [5.74, 6) is 0.925. The van der Waals surface area contributed by atoms with Gasteiger partial charge in [0.05, 0.1) is 0 Å². The van der Waals surface area contributed by atoms with E-state index in [1.54, 1.807) is 0 Å². The van der Waals surface area contributed by atoms with Crippen molar-refractivity contribution in [2.45, 2.75) is 96.7 Å². The first-order valence-electron chi connectivity index (χ1n) is 17.9. The number of hydrogen-bond donors (Lipinski definition) is 0. The van der Waals surface area contributed by atoms with Crippen molar-refractivity contribution < 1.29 is 4.79 Å². The van der Waals surface area contributed by atoms with Crippen LogP contribution in [-0.4, -0.2) is 21.9 Å². The average Bonchev–Trinajstić information content (AvgIpc) is 3.47. The number of benzene rings is 4. The molecule has 1 aliphatic rings. The number of carbonyl (C=O) groups excluding carboxylic acids is 1. The third kappa shape index (κ3) is 6.98. The number of Topliss-reactive ketones (excluding diaryl/α,β-unsaturated/α-hetero) is 1. The first-order chi connectivity index (χ1) is 22.4. The second-order valence-electron chi connectivity index (χ2n) is 16.0. The molecule has 47 heavy (non-hydrogen) atoms. The van der Waals surface area contributed by atoms with Crippen LogP contribution in [0.1, 0.15) is 80.6 Å². The van der Waals surface area contributed by atoms with Crippen LogP contribution in [0.4, 0.5) is 0 Å². The summed E-state index contributed by atoms with van der Waals surface area (Å²) in [7, 11) is -4.77. The van der Waals surface area contributed by atoms with E-state index in [2.05, 4.69) is 175 Å². The molecule has 2 atom stereocenters. The quantitative estimate of drug-likeness (QED) is 0.147. The monoisotopic (exact) mass is 656 g/mol. The minimum Gasteiger partial charge on any atom is -0.299 e. The molecule has 0 saturated heterocycles. The molecule has 1 saturated carbocycles. The topological polar surface area (TPSA) is 17.1 Å². The fraction of sp³-hybridized carbons (Fsp3) is 0.386. The van der Waals surface area contributed by atoms with Crippen LogP contribution in [0.15, 0.2) is 133 Å². The van der Waals surface area contributed by atoms with Crippen molar-refractivity contribution in [1.82, 2.24) is 0 Å². The molecule has 0 heterocycles. The van der Waals surface area contributed by atoms with Gasteiger partial charge in [-0.2, -0.15) is 0 Å². The minimum atomic E-state index is -2.49. The lowest BCUT2D eigenvalue weighted by atomic mass is 9.95. The molecule has 4 aromatic rings. The van der Waals surface area contributed by atoms with Crippen molar-refractivity contribution in [3.05, 3.63) is 133 Å². The second kappa shape index (κ2) is 14.5. The summed E-state index contributed by atoms with van der Waals surface area (Å²) in [4.78, 5) is 14.3. The predicted molar refractivity (Wildman–Crippen MR) is 209 cm³/mol. The molecule has 0 aromatic heterocycles. The lowest BCUT2D eigenvalue weighted by Gasteiger charge is -2.46. The molecule has 4 aromatic carbocycles. The third-order valence-corrected chi connectivity index (χ3v) is 23.2. The molecule has 0 bridgehead atoms. The lowest BCUT2D eigenvalue weighted by molar-refractivity contribution is -0.121. The summed E-state index contributed by atoms with van der Waals surface area (Å²) >= 11 is 0. The van der Waals surface area contributed by atoms with E-state index in [0.717, 1.165) is 31.7 Å². The minimum absolute atomic E-state index is 0.00594. The highest BCUT2D eigenvalue weighted by atomic mass is 28.3. The van der Waals surface area contributed by atoms with Crippen LogP contribution in [-0.2, 0) is 4.79 Å². The van der Waals surface area contributed by atoms with Crippen molar-refractivity contribution >= 4 is 42.7 Å². The van der Waals surface area contributed by atoms with Crippen LogP contribution in [0.25, 0.3) is 0 Å². The maximum atomic E-state index is 14.3. The Morgan fingerprint density at radius 2 is 1.09 bits per heavy atom. The first kappa shape index (κ1) is 35.0. The van der Waals surface area contributed by atoms with Gasteiger partial charge in [-0.25, -0.2) is 0 Å². The highest BCUT2D eigenvalue weighted by Crippen LogP contribution is 2.48. The van der Waals surface area contributed by atoms with Crippen LogP contribution in [0.3, 0.4) is 0 Å². The number of unbranched alkanes of at least 4 members (excludes halogenated alkanes) is 1. The van der Waals surface area contributed by atoms with E-state index in [0.29, 0.717) is 18.1 Å². The van der Waals surface area contributed by atoms with E-state index in [-0.39, 0.29) is 16.0 Å². The SMILES string of the molecule is CCCCC(=O)C1CC(C[Si](c2ccccc2)(c2ccccc2)C(C)(C)C)C/C1=C\[Si](c1ccccc1)(c1ccccc1)C(C)(C)C. The average molecular weight is 657 g/mol. The van der Waals surface area contributed by atoms with Gasteiger partial charge in [0.1, 0.15) is 21.9 Å². The summed E-state index contributed by atoms with van der Waals surface area (Å²) in [5.41, 5.74) is 4.14. The Bertz CT molecular complexity index is 1530. The molecule has 1 nitrogen and oxygen atoms in total. The second-order valence-corrected chi connectivity index (χ2v) is 25.5. The Morgan fingerprint density at radius 3 is 1.47 bits per heavy atom. The molecule has 0 spiro atoms. The number of rotatable bonds is 11. The van der Waals surface area contributed by atoms with Gasteiger partial charge >= 0.3 is 0 Å². The van der Waals surface area contributed by atoms with Crippen LogP contribution < -0.4 is 20.7 Å². The van der Waals surface area contributed by atoms with Gasteiger partial charge in [0.25, 0.3) is 0 Å². The van der Waals surface area contributed by atoms with Gasteiger partial charge in [-0.3, -0.25) is 4.79 Å². The fourth-order valence-electron chi connectivity index (χ4n) is 8.77. The first-order valence-corrected chi connectivity index (χ1v) is 22.2. The molecule has 1 fully saturated rings. The Hall–Kier alpha value is -3.28. The van der Waals surface area contributed by atoms with Crippen LogP contribution >= 0.6 is 0 Å². The Morgan fingerprint density at radius 1 is 0.660 bits per heavy atom. The van der Waals surface area contributed by atoms with Crippen LogP contribution in [0.5, 0.6) is 0 Å². The summed E-state index contributed by atoms with van der Waals surface area (Å²) < 4.78 is 0. The molecule has 0 radical (unpaired) electrons. The van der Waals surface area contributed by atoms with Crippen molar-refractivity contribution in [3.8, 4) is 0 Å². The molecule has 0 aliphatic heterocycles. The fourth-order valence-corrected chi connectivity index (χ4v) is 19.8. The maximum absolute atomic E-state index is 14.3. The summed E-state index contributed by atoms with van der Waals surface area (Å²) in [6.07, 6.45) is 4.69. The molecule has 1 aliphatic carbocycles. The summed E-state index contributed by atoms with van der Waals surface area (Å²) in [6, 6.07) is 46.4. The van der Waals surface area contributed by atoms with Gasteiger partial charge in [-0.15, -0.1) is 0 Å². The number of ketones is 1. The molecular weight excluding hydrogens is 601 g/mol. The van der Waals surface area contributed by atoms with E-state index in [4.69, 9.17) is 0 Å². The molecule has 5 rings (SSSR count). The molecule has 0 amide bonds. The van der Waals surface area contributed by atoms with E-state index < -0.39 is 16.1 Å². The van der Waals surface area contributed by atoms with Gasteiger partial charge in [-0.1, -0.05) is 198 Å². The molecular formula is C44H56OSi2. The van der Waals surface area contributed by atoms with Gasteiger partial charge in [0, 0.05) is 12.3 Å². The zero-order valence-corrected chi connectivity index (χ0v) is 31.9. The van der Waals surface area contributed by atoms with Gasteiger partial charge in [0.2, 0.25) is 0 Å². The van der Waals surface area contributed by atoms with Crippen LogP contribution in [0.2, 0.25) is 16.1 Å². The molecule has 2 unspecified atom stereocenters. The molecule has 0 N–H and O–H groups in total. The third-order valence-electron chi connectivity index (χ3n) is 11.2. The van der Waals surface area contributed by atoms with Gasteiger partial charge in [0.15, 0.2) is 0 Å². The number of hydrogen-bond acceptors (Lipinski definition) is 1. The van der Waals surface area contributed by atoms with E-state index in [9.17, 15) is 4.79 Å². The zero-order chi connectivity index (χ0) is 33.7. The van der Waals surface area contributed by atoms with Crippen molar-refractivity contribution in [2.75, 3.05) is 0 Å². The van der Waals surface area contributed by atoms with E-state index in [1.165, 1.54) is 26.3 Å². The Labute approximate surface area is 287 Å². The lowest BCUT2D eigenvalue weighted by Crippen LogP contribution is -2.64. The zero-order valence-electron chi connectivity index (χ0n) is 29.9. The number of carbonyl (C=O) groups is 1. The smallest absolute Gasteiger partial charge is 0.146 e. The Kier molecular flexibility index (Phi) is 10.8. The van der Waals surface area contributed by atoms with E-state index >= 15 is 0 Å². The predicted octanol–water partition coefficient (Wildman–Crippen LogP) is 9.36. The van der Waals surface area contributed by atoms with Gasteiger partial charge in [-0.05, 0) is 51.7 Å². The molecule has 3 heteroatoms. The summed E-state index contributed by atoms with van der Waals surface area (Å²) in [6.45, 7) is 16.9. The standard InChI is InChI=1S/C44H56OSi2/c1-8-9-30-42(45)41-32-35(33-46(43(2,3)4,37-22-14-10-15-23-37)38-24-16-11-17-25-38)31-36(41)34-47(44(5,6)7,39-26-18-12-19-27-39)40-28-20-13-21-29-40/h10-29,34-35,41H,8-9,30-33H2,1-7H3/b36-34+. The van der Waals surface area contributed by atoms with Crippen LogP contribution in [0, 0.1) is 11.8 Å². The number of allylic oxidation sites excluding steroid dienone is 1. The highest BCUT2D eigenvalue weighted by Gasteiger charge is 2.52. The highest BCUT2D eigenvalue weighted by molar-refractivity contribution is 7.08.